The topological polar surface area (TPSA) is 52.1 Å². The second-order valence-electron chi connectivity index (χ2n) is 6.46. The van der Waals surface area contributed by atoms with Gasteiger partial charge in [-0.25, -0.2) is 4.98 Å². The average Bonchev–Trinajstić information content (AvgIpc) is 2.56. The van der Waals surface area contributed by atoms with Gasteiger partial charge in [0.25, 0.3) is 0 Å². The van der Waals surface area contributed by atoms with Gasteiger partial charge in [0.1, 0.15) is 11.5 Å². The fourth-order valence-corrected chi connectivity index (χ4v) is 2.60. The van der Waals surface area contributed by atoms with Crippen LogP contribution >= 0.6 is 0 Å². The zero-order chi connectivity index (χ0) is 18.2. The highest BCUT2D eigenvalue weighted by molar-refractivity contribution is 5.76. The number of hydrogen-bond acceptors (Lipinski definition) is 4. The number of carbonyl (C=O) groups is 1. The van der Waals surface area contributed by atoms with Gasteiger partial charge in [-0.2, -0.15) is 0 Å². The second kappa shape index (κ2) is 9.11. The first-order chi connectivity index (χ1) is 12.0. The molecule has 0 aromatic carbocycles. The molecule has 2 aromatic heterocycles. The lowest BCUT2D eigenvalue weighted by atomic mass is 10.0. The predicted octanol–water partition coefficient (Wildman–Crippen LogP) is 5.16. The van der Waals surface area contributed by atoms with Crippen molar-refractivity contribution >= 4 is 11.9 Å². The molecule has 25 heavy (non-hydrogen) atoms. The first-order valence-electron chi connectivity index (χ1n) is 8.75. The van der Waals surface area contributed by atoms with Gasteiger partial charge in [0.15, 0.2) is 0 Å². The van der Waals surface area contributed by atoms with E-state index in [1.165, 1.54) is 0 Å². The zero-order valence-electron chi connectivity index (χ0n) is 15.5. The minimum atomic E-state index is 0.202. The molecule has 0 saturated carbocycles. The van der Waals surface area contributed by atoms with Crippen LogP contribution < -0.4 is 4.74 Å². The van der Waals surface area contributed by atoms with Crippen LogP contribution in [0.5, 0.6) is 11.6 Å². The Morgan fingerprint density at radius 2 is 2.08 bits per heavy atom. The maximum absolute atomic E-state index is 11.1. The van der Waals surface area contributed by atoms with Crippen LogP contribution in [0.2, 0.25) is 0 Å². The number of aromatic nitrogens is 2. The molecule has 0 spiro atoms. The number of nitrogens with zero attached hydrogens (tertiary/aromatic N) is 2. The van der Waals surface area contributed by atoms with Crippen molar-refractivity contribution in [1.29, 1.82) is 0 Å². The van der Waals surface area contributed by atoms with Crippen LogP contribution in [0.3, 0.4) is 0 Å². The van der Waals surface area contributed by atoms with E-state index in [-0.39, 0.29) is 11.7 Å². The molecular weight excluding hydrogens is 312 g/mol. The summed E-state index contributed by atoms with van der Waals surface area (Å²) in [6, 6.07) is 5.78. The summed E-state index contributed by atoms with van der Waals surface area (Å²) in [4.78, 5) is 19.9. The molecule has 1 atom stereocenters. The van der Waals surface area contributed by atoms with Crippen LogP contribution in [0.15, 0.2) is 36.7 Å². The third-order valence-electron chi connectivity index (χ3n) is 3.86. The number of pyridine rings is 2. The number of ether oxygens (including phenoxy) is 1. The third kappa shape index (κ3) is 6.14. The highest BCUT2D eigenvalue weighted by Crippen LogP contribution is 2.22. The van der Waals surface area contributed by atoms with E-state index >= 15 is 0 Å². The summed E-state index contributed by atoms with van der Waals surface area (Å²) in [5, 5.41) is 0. The summed E-state index contributed by atoms with van der Waals surface area (Å²) in [5.41, 5.74) is 3.23. The van der Waals surface area contributed by atoms with Crippen molar-refractivity contribution in [3.8, 4) is 11.6 Å². The first kappa shape index (κ1) is 18.8. The van der Waals surface area contributed by atoms with E-state index in [1.54, 1.807) is 19.3 Å². The third-order valence-corrected chi connectivity index (χ3v) is 3.86. The SMILES string of the molecule is CCCc1ncc(Oc2ccc(/C=C/[C@H](C)CC(C)=O)cn2)cc1C. The molecule has 0 aliphatic rings. The largest absolute Gasteiger partial charge is 0.437 e. The van der Waals surface area contributed by atoms with E-state index < -0.39 is 0 Å². The standard InChI is InChI=1S/C21H26N2O2/c1-5-6-20-16(3)12-19(14-22-20)25-21-10-9-18(13-23-21)8-7-15(2)11-17(4)24/h7-10,12-15H,5-6,11H2,1-4H3/b8-7+/t15-/m0/s1. The quantitative estimate of drug-likeness (QED) is 0.667. The molecule has 0 amide bonds. The van der Waals surface area contributed by atoms with E-state index in [4.69, 9.17) is 4.74 Å². The lowest BCUT2D eigenvalue weighted by Gasteiger charge is -2.08. The Morgan fingerprint density at radius 3 is 2.68 bits per heavy atom. The van der Waals surface area contributed by atoms with E-state index in [0.717, 1.165) is 29.7 Å². The van der Waals surface area contributed by atoms with Crippen LogP contribution in [-0.4, -0.2) is 15.8 Å². The Labute approximate surface area is 150 Å². The number of allylic oxidation sites excluding steroid dienone is 1. The number of carbonyl (C=O) groups excluding carboxylic acids is 1. The van der Waals surface area contributed by atoms with Crippen molar-refractivity contribution in [3.05, 3.63) is 53.5 Å². The summed E-state index contributed by atoms with van der Waals surface area (Å²) in [5.74, 6) is 1.67. The summed E-state index contributed by atoms with van der Waals surface area (Å²) in [6.07, 6.45) is 10.1. The predicted molar refractivity (Wildman–Crippen MR) is 101 cm³/mol. The first-order valence-corrected chi connectivity index (χ1v) is 8.75. The Morgan fingerprint density at radius 1 is 1.28 bits per heavy atom. The molecule has 0 bridgehead atoms. The molecule has 0 saturated heterocycles. The minimum Gasteiger partial charge on any atom is -0.437 e. The summed E-state index contributed by atoms with van der Waals surface area (Å²) < 4.78 is 5.78. The highest BCUT2D eigenvalue weighted by Gasteiger charge is 2.04. The van der Waals surface area contributed by atoms with Crippen LogP contribution in [0.4, 0.5) is 0 Å². The molecule has 132 valence electrons. The van der Waals surface area contributed by atoms with Gasteiger partial charge in [0, 0.05) is 24.4 Å². The number of ketones is 1. The van der Waals surface area contributed by atoms with E-state index in [1.807, 2.05) is 44.2 Å². The summed E-state index contributed by atoms with van der Waals surface area (Å²) in [6.45, 7) is 7.84. The van der Waals surface area contributed by atoms with Crippen LogP contribution in [0.1, 0.15) is 50.4 Å². The molecule has 0 fully saturated rings. The van der Waals surface area contributed by atoms with Gasteiger partial charge < -0.3 is 9.53 Å². The highest BCUT2D eigenvalue weighted by atomic mass is 16.5. The van der Waals surface area contributed by atoms with Crippen molar-refractivity contribution in [2.24, 2.45) is 5.92 Å². The van der Waals surface area contributed by atoms with Gasteiger partial charge in [0.2, 0.25) is 5.88 Å². The maximum atomic E-state index is 11.1. The number of Topliss-reactive ketones (excluding diaryl/α,β-unsaturated/α-hetero) is 1. The molecule has 0 N–H and O–H groups in total. The smallest absolute Gasteiger partial charge is 0.219 e. The molecule has 4 nitrogen and oxygen atoms in total. The Kier molecular flexibility index (Phi) is 6.87. The van der Waals surface area contributed by atoms with Crippen LogP contribution in [0.25, 0.3) is 6.08 Å². The van der Waals surface area contributed by atoms with Crippen molar-refractivity contribution in [2.45, 2.75) is 47.0 Å². The zero-order valence-corrected chi connectivity index (χ0v) is 15.5. The lowest BCUT2D eigenvalue weighted by molar-refractivity contribution is -0.117. The van der Waals surface area contributed by atoms with Crippen molar-refractivity contribution in [2.75, 3.05) is 0 Å². The van der Waals surface area contributed by atoms with Gasteiger partial charge in [-0.15, -0.1) is 0 Å². The summed E-state index contributed by atoms with van der Waals surface area (Å²) >= 11 is 0. The fourth-order valence-electron chi connectivity index (χ4n) is 2.60. The van der Waals surface area contributed by atoms with Gasteiger partial charge in [0.05, 0.1) is 6.20 Å². The molecule has 2 aromatic rings. The lowest BCUT2D eigenvalue weighted by Crippen LogP contribution is -1.97. The second-order valence-corrected chi connectivity index (χ2v) is 6.46. The molecule has 0 aliphatic heterocycles. The molecule has 2 rings (SSSR count). The molecule has 4 heteroatoms. The Hall–Kier alpha value is -2.49. The Bertz CT molecular complexity index is 736. The Balaban J connectivity index is 1.99. The van der Waals surface area contributed by atoms with Crippen molar-refractivity contribution in [3.63, 3.8) is 0 Å². The maximum Gasteiger partial charge on any atom is 0.219 e. The number of aryl methyl sites for hydroxylation is 2. The van der Waals surface area contributed by atoms with E-state index in [9.17, 15) is 4.79 Å². The van der Waals surface area contributed by atoms with Gasteiger partial charge in [-0.3, -0.25) is 4.98 Å². The monoisotopic (exact) mass is 338 g/mol. The molecule has 0 aliphatic carbocycles. The molecule has 0 unspecified atom stereocenters. The van der Waals surface area contributed by atoms with Gasteiger partial charge in [-0.05, 0) is 49.4 Å². The molecular formula is C21H26N2O2. The average molecular weight is 338 g/mol. The van der Waals surface area contributed by atoms with Crippen LogP contribution in [-0.2, 0) is 11.2 Å². The minimum absolute atomic E-state index is 0.202. The summed E-state index contributed by atoms with van der Waals surface area (Å²) in [7, 11) is 0. The number of hydrogen-bond donors (Lipinski definition) is 0. The van der Waals surface area contributed by atoms with E-state index in [0.29, 0.717) is 18.1 Å². The van der Waals surface area contributed by atoms with Gasteiger partial charge in [-0.1, -0.05) is 32.4 Å². The molecule has 2 heterocycles. The van der Waals surface area contributed by atoms with Gasteiger partial charge >= 0.3 is 0 Å². The normalized spacial score (nSPS) is 12.3. The molecule has 0 radical (unpaired) electrons. The van der Waals surface area contributed by atoms with Crippen molar-refractivity contribution < 1.29 is 9.53 Å². The van der Waals surface area contributed by atoms with Crippen molar-refractivity contribution in [1.82, 2.24) is 9.97 Å². The van der Waals surface area contributed by atoms with E-state index in [2.05, 4.69) is 16.9 Å². The fraction of sp³-hybridized carbons (Fsp3) is 0.381. The van der Waals surface area contributed by atoms with Crippen LogP contribution in [0, 0.1) is 12.8 Å². The number of rotatable bonds is 8.